The van der Waals surface area contributed by atoms with Crippen molar-refractivity contribution in [2.24, 2.45) is 5.92 Å². The number of benzene rings is 2. The Bertz CT molecular complexity index is 1340. The molecule has 0 aromatic heterocycles. The Kier molecular flexibility index (Phi) is 11.6. The molecule has 5 atom stereocenters. The van der Waals surface area contributed by atoms with Crippen molar-refractivity contribution in [3.63, 3.8) is 0 Å². The number of carbonyl (C=O) groups is 3. The Morgan fingerprint density at radius 3 is 2.33 bits per heavy atom. The highest BCUT2D eigenvalue weighted by Crippen LogP contribution is 2.32. The number of hydrogen-bond acceptors (Lipinski definition) is 8. The van der Waals surface area contributed by atoms with Crippen LogP contribution in [0.3, 0.4) is 0 Å². The van der Waals surface area contributed by atoms with Gasteiger partial charge in [0.25, 0.3) is 0 Å². The van der Waals surface area contributed by atoms with Crippen molar-refractivity contribution in [2.75, 3.05) is 32.7 Å². The molecule has 1 fully saturated rings. The van der Waals surface area contributed by atoms with Crippen molar-refractivity contribution in [3.05, 3.63) is 71.3 Å². The van der Waals surface area contributed by atoms with E-state index >= 15 is 0 Å². The number of piperazine rings is 1. The number of ether oxygens (including phenoxy) is 1. The molecule has 0 unspecified atom stereocenters. The summed E-state index contributed by atoms with van der Waals surface area (Å²) in [5.41, 5.74) is 1.84. The van der Waals surface area contributed by atoms with E-state index in [4.69, 9.17) is 4.74 Å². The van der Waals surface area contributed by atoms with E-state index in [1.54, 1.807) is 0 Å². The molecule has 1 aliphatic carbocycles. The number of aliphatic hydroxyl groups is 2. The fourth-order valence-corrected chi connectivity index (χ4v) is 6.37. The zero-order valence-electron chi connectivity index (χ0n) is 28.2. The van der Waals surface area contributed by atoms with E-state index in [2.05, 4.69) is 10.6 Å². The number of nitrogens with zero attached hydrogens (tertiary/aromatic N) is 2. The standard InChI is InChI=1S/C36H52N4O6/c1-35(2,3)38-34(45)29-22-39(23-31(43)46-36(4,5)6)16-17-40(29)21-27(41)19-26(18-24-12-8-7-9-13-24)33(44)37-32-28-15-11-10-14-25(28)20-30(32)42/h7-15,26-27,29-30,32,41-42H,16-23H2,1-6H3,(H,37,44)(H,38,45)/t26-,27+,29+,30-,32+/m1/s1. The molecule has 10 heteroatoms. The molecular weight excluding hydrogens is 584 g/mol. The van der Waals surface area contributed by atoms with E-state index in [1.165, 1.54) is 0 Å². The normalized spacial score (nSPS) is 22.0. The minimum Gasteiger partial charge on any atom is -0.459 e. The van der Waals surface area contributed by atoms with Crippen LogP contribution in [0.5, 0.6) is 0 Å². The second kappa shape index (κ2) is 15.1. The summed E-state index contributed by atoms with van der Waals surface area (Å²) in [6.45, 7) is 12.8. The van der Waals surface area contributed by atoms with E-state index in [0.29, 0.717) is 32.5 Å². The lowest BCUT2D eigenvalue weighted by molar-refractivity contribution is -0.157. The third-order valence-corrected chi connectivity index (χ3v) is 8.35. The third-order valence-electron chi connectivity index (χ3n) is 8.35. The fraction of sp³-hybridized carbons (Fsp3) is 0.583. The van der Waals surface area contributed by atoms with Crippen LogP contribution in [0.4, 0.5) is 0 Å². The Hall–Kier alpha value is -3.31. The largest absolute Gasteiger partial charge is 0.459 e. The summed E-state index contributed by atoms with van der Waals surface area (Å²) < 4.78 is 5.51. The van der Waals surface area contributed by atoms with Gasteiger partial charge >= 0.3 is 5.97 Å². The van der Waals surface area contributed by atoms with Crippen LogP contribution >= 0.6 is 0 Å². The van der Waals surface area contributed by atoms with Gasteiger partial charge in [-0.15, -0.1) is 0 Å². The summed E-state index contributed by atoms with van der Waals surface area (Å²) in [7, 11) is 0. The monoisotopic (exact) mass is 636 g/mol. The van der Waals surface area contributed by atoms with Crippen molar-refractivity contribution in [1.82, 2.24) is 20.4 Å². The molecule has 1 heterocycles. The molecule has 46 heavy (non-hydrogen) atoms. The second-order valence-electron chi connectivity index (χ2n) is 14.8. The number of hydrogen-bond donors (Lipinski definition) is 4. The molecule has 2 aliphatic rings. The van der Waals surface area contributed by atoms with Gasteiger partial charge in [0.15, 0.2) is 0 Å². The Morgan fingerprint density at radius 1 is 0.978 bits per heavy atom. The van der Waals surface area contributed by atoms with E-state index in [9.17, 15) is 24.6 Å². The van der Waals surface area contributed by atoms with Gasteiger partial charge in [-0.1, -0.05) is 54.6 Å². The molecule has 1 saturated heterocycles. The molecule has 1 aliphatic heterocycles. The zero-order chi connectivity index (χ0) is 33.6. The summed E-state index contributed by atoms with van der Waals surface area (Å²) in [5, 5.41) is 28.4. The van der Waals surface area contributed by atoms with Crippen LogP contribution in [0.15, 0.2) is 54.6 Å². The quantitative estimate of drug-likeness (QED) is 0.277. The SMILES string of the molecule is CC(C)(C)NC(=O)[C@@H]1CN(CC(=O)OC(C)(C)C)CCN1C[C@@H](O)C[C@@H](Cc1ccccc1)C(=O)N[C@H]1c2ccccc2C[C@H]1O. The number of β-amino-alcohol motifs (C(OH)–C–C–N with tert-alkyl or cyclic N) is 1. The third kappa shape index (κ3) is 10.4. The number of rotatable bonds is 11. The first-order valence-electron chi connectivity index (χ1n) is 16.4. The highest BCUT2D eigenvalue weighted by Gasteiger charge is 2.38. The van der Waals surface area contributed by atoms with Gasteiger partial charge in [-0.25, -0.2) is 0 Å². The summed E-state index contributed by atoms with van der Waals surface area (Å²) >= 11 is 0. The van der Waals surface area contributed by atoms with Gasteiger partial charge in [-0.05, 0) is 71.1 Å². The average molecular weight is 637 g/mol. The predicted molar refractivity (Wildman–Crippen MR) is 177 cm³/mol. The topological polar surface area (TPSA) is 131 Å². The first-order valence-corrected chi connectivity index (χ1v) is 16.4. The summed E-state index contributed by atoms with van der Waals surface area (Å²) in [4.78, 5) is 43.7. The number of esters is 1. The van der Waals surface area contributed by atoms with Crippen molar-refractivity contribution >= 4 is 17.8 Å². The van der Waals surface area contributed by atoms with Crippen molar-refractivity contribution in [1.29, 1.82) is 0 Å². The lowest BCUT2D eigenvalue weighted by atomic mass is 9.91. The highest BCUT2D eigenvalue weighted by atomic mass is 16.6. The van der Waals surface area contributed by atoms with Gasteiger partial charge in [0.05, 0.1) is 24.8 Å². The van der Waals surface area contributed by atoms with E-state index in [1.807, 2.05) is 106 Å². The molecule has 0 saturated carbocycles. The van der Waals surface area contributed by atoms with Gasteiger partial charge in [-0.3, -0.25) is 24.2 Å². The molecule has 0 radical (unpaired) electrons. The number of fused-ring (bicyclic) bond motifs is 1. The zero-order valence-corrected chi connectivity index (χ0v) is 28.2. The number of nitrogens with one attached hydrogen (secondary N) is 2. The van der Waals surface area contributed by atoms with Crippen molar-refractivity contribution < 1.29 is 29.3 Å². The lowest BCUT2D eigenvalue weighted by Gasteiger charge is -2.42. The van der Waals surface area contributed by atoms with Crippen LogP contribution < -0.4 is 10.6 Å². The highest BCUT2D eigenvalue weighted by molar-refractivity contribution is 5.83. The van der Waals surface area contributed by atoms with Crippen LogP contribution in [0.1, 0.15) is 70.7 Å². The molecule has 10 nitrogen and oxygen atoms in total. The average Bonchev–Trinajstić information content (AvgIpc) is 3.26. The lowest BCUT2D eigenvalue weighted by Crippen LogP contribution is -2.62. The maximum atomic E-state index is 13.8. The molecule has 4 N–H and O–H groups in total. The van der Waals surface area contributed by atoms with Crippen LogP contribution in [-0.4, -0.2) is 99.9 Å². The van der Waals surface area contributed by atoms with Crippen LogP contribution in [-0.2, 0) is 32.0 Å². The summed E-state index contributed by atoms with van der Waals surface area (Å²) in [6.07, 6.45) is -0.543. The molecule has 2 aromatic carbocycles. The van der Waals surface area contributed by atoms with E-state index < -0.39 is 41.3 Å². The fourth-order valence-electron chi connectivity index (χ4n) is 6.37. The molecule has 252 valence electrons. The van der Waals surface area contributed by atoms with Gasteiger partial charge in [0.2, 0.25) is 11.8 Å². The first kappa shape index (κ1) is 35.5. The maximum Gasteiger partial charge on any atom is 0.320 e. The number of aliphatic hydroxyl groups excluding tert-OH is 2. The Balaban J connectivity index is 1.47. The van der Waals surface area contributed by atoms with E-state index in [0.717, 1.165) is 16.7 Å². The molecule has 2 amide bonds. The smallest absolute Gasteiger partial charge is 0.320 e. The van der Waals surface area contributed by atoms with Gasteiger partial charge in [0.1, 0.15) is 11.6 Å². The minimum absolute atomic E-state index is 0.0719. The molecule has 0 spiro atoms. The summed E-state index contributed by atoms with van der Waals surface area (Å²) in [6, 6.07) is 16.3. The second-order valence-corrected chi connectivity index (χ2v) is 14.8. The maximum absolute atomic E-state index is 13.8. The van der Waals surface area contributed by atoms with Gasteiger partial charge < -0.3 is 25.6 Å². The molecule has 4 rings (SSSR count). The Labute approximate surface area is 273 Å². The molecular formula is C36H52N4O6. The molecule has 0 bridgehead atoms. The van der Waals surface area contributed by atoms with Crippen molar-refractivity contribution in [3.8, 4) is 0 Å². The minimum atomic E-state index is -0.900. The first-order chi connectivity index (χ1) is 21.6. The van der Waals surface area contributed by atoms with Crippen molar-refractivity contribution in [2.45, 2.75) is 96.2 Å². The van der Waals surface area contributed by atoms with E-state index in [-0.39, 0.29) is 37.3 Å². The van der Waals surface area contributed by atoms with Crippen LogP contribution in [0, 0.1) is 5.92 Å². The van der Waals surface area contributed by atoms with Gasteiger partial charge in [0, 0.05) is 44.1 Å². The predicted octanol–water partition coefficient (Wildman–Crippen LogP) is 2.61. The number of carbonyl (C=O) groups excluding carboxylic acids is 3. The summed E-state index contributed by atoms with van der Waals surface area (Å²) in [5.74, 6) is -1.32. The number of amides is 2. The molecule has 2 aromatic rings. The van der Waals surface area contributed by atoms with Crippen LogP contribution in [0.25, 0.3) is 0 Å². The Morgan fingerprint density at radius 2 is 1.65 bits per heavy atom. The van der Waals surface area contributed by atoms with Crippen LogP contribution in [0.2, 0.25) is 0 Å². The van der Waals surface area contributed by atoms with Gasteiger partial charge in [-0.2, -0.15) is 0 Å².